The molecule has 1 aliphatic heterocycles. The van der Waals surface area contributed by atoms with Crippen LogP contribution in [0.25, 0.3) is 0 Å². The normalized spacial score (nSPS) is 16.0. The van der Waals surface area contributed by atoms with Crippen molar-refractivity contribution in [3.05, 3.63) is 114 Å². The van der Waals surface area contributed by atoms with Crippen molar-refractivity contribution in [2.45, 2.75) is 25.2 Å². The molecule has 0 unspecified atom stereocenters. The van der Waals surface area contributed by atoms with Gasteiger partial charge in [0.25, 0.3) is 0 Å². The molecule has 2 heterocycles. The highest BCUT2D eigenvalue weighted by atomic mass is 16.7. The van der Waals surface area contributed by atoms with Crippen LogP contribution in [0.4, 0.5) is 0 Å². The Morgan fingerprint density at radius 3 is 1.75 bits per heavy atom. The first kappa shape index (κ1) is 21.2. The maximum absolute atomic E-state index is 13.1. The third kappa shape index (κ3) is 4.49. The van der Waals surface area contributed by atoms with Gasteiger partial charge in [-0.25, -0.2) is 9.59 Å². The predicted molar refractivity (Wildman–Crippen MR) is 120 cm³/mol. The molecule has 0 saturated heterocycles. The molecule has 160 valence electrons. The van der Waals surface area contributed by atoms with E-state index in [2.05, 4.69) is 4.98 Å². The van der Waals surface area contributed by atoms with Crippen LogP contribution in [0, 0.1) is 0 Å². The van der Waals surface area contributed by atoms with Crippen molar-refractivity contribution < 1.29 is 19.1 Å². The highest BCUT2D eigenvalue weighted by Gasteiger charge is 2.47. The van der Waals surface area contributed by atoms with E-state index in [9.17, 15) is 9.59 Å². The molecule has 32 heavy (non-hydrogen) atoms. The van der Waals surface area contributed by atoms with Gasteiger partial charge in [0.15, 0.2) is 5.71 Å². The van der Waals surface area contributed by atoms with Crippen LogP contribution in [0.3, 0.4) is 0 Å². The highest BCUT2D eigenvalue weighted by Crippen LogP contribution is 2.32. The van der Waals surface area contributed by atoms with Crippen molar-refractivity contribution in [3.8, 4) is 0 Å². The number of ether oxygens (including phenoxy) is 2. The lowest BCUT2D eigenvalue weighted by atomic mass is 9.94. The van der Waals surface area contributed by atoms with Gasteiger partial charge in [0.2, 0.25) is 0 Å². The molecule has 3 aromatic rings. The lowest BCUT2D eigenvalue weighted by Crippen LogP contribution is -2.50. The van der Waals surface area contributed by atoms with E-state index in [1.807, 2.05) is 13.8 Å². The van der Waals surface area contributed by atoms with Crippen molar-refractivity contribution in [3.63, 3.8) is 0 Å². The molecule has 0 radical (unpaired) electrons. The summed E-state index contributed by atoms with van der Waals surface area (Å²) in [5.41, 5.74) is 0.697. The first-order valence-corrected chi connectivity index (χ1v) is 10.2. The predicted octanol–water partition coefficient (Wildman–Crippen LogP) is 4.63. The molecule has 0 amide bonds. The van der Waals surface area contributed by atoms with Crippen molar-refractivity contribution in [2.24, 2.45) is 4.99 Å². The van der Waals surface area contributed by atoms with Gasteiger partial charge in [-0.2, -0.15) is 0 Å². The third-order valence-electron chi connectivity index (χ3n) is 4.86. The molecule has 1 aromatic heterocycles. The fraction of sp³-hybridized carbons (Fsp3) is 0.154. The molecule has 4 rings (SSSR count). The number of aromatic nitrogens is 1. The number of nitrogens with zero attached hydrogens (tertiary/aromatic N) is 2. The summed E-state index contributed by atoms with van der Waals surface area (Å²) in [6, 6.07) is 22.3. The van der Waals surface area contributed by atoms with E-state index < -0.39 is 23.3 Å². The van der Waals surface area contributed by atoms with Crippen LogP contribution >= 0.6 is 0 Å². The van der Waals surface area contributed by atoms with Crippen LogP contribution in [0.2, 0.25) is 0 Å². The average Bonchev–Trinajstić information content (AvgIpc) is 2.82. The summed E-state index contributed by atoms with van der Waals surface area (Å²) in [5, 5.41) is 0. The smallest absolute Gasteiger partial charge is 0.341 e. The Morgan fingerprint density at radius 1 is 0.719 bits per heavy atom. The summed E-state index contributed by atoms with van der Waals surface area (Å²) >= 11 is 0. The average molecular weight is 426 g/mol. The number of pyridine rings is 1. The summed E-state index contributed by atoms with van der Waals surface area (Å²) < 4.78 is 11.8. The lowest BCUT2D eigenvalue weighted by Gasteiger charge is -2.36. The number of hydrogen-bond acceptors (Lipinski definition) is 6. The Morgan fingerprint density at radius 2 is 1.25 bits per heavy atom. The van der Waals surface area contributed by atoms with E-state index in [0.29, 0.717) is 16.8 Å². The second-order valence-electron chi connectivity index (χ2n) is 7.84. The highest BCUT2D eigenvalue weighted by molar-refractivity contribution is 6.09. The Bertz CT molecular complexity index is 1120. The summed E-state index contributed by atoms with van der Waals surface area (Å²) in [6.45, 7) is 3.79. The van der Waals surface area contributed by atoms with Crippen molar-refractivity contribution in [2.75, 3.05) is 0 Å². The molecule has 0 saturated carbocycles. The molecule has 6 heteroatoms. The van der Waals surface area contributed by atoms with E-state index in [1.54, 1.807) is 97.2 Å². The van der Waals surface area contributed by atoms with Crippen LogP contribution in [0.5, 0.6) is 0 Å². The summed E-state index contributed by atoms with van der Waals surface area (Å²) in [5.74, 6) is -3.19. The van der Waals surface area contributed by atoms with E-state index in [4.69, 9.17) is 14.5 Å². The van der Waals surface area contributed by atoms with Crippen molar-refractivity contribution in [1.82, 2.24) is 4.98 Å². The number of hydrogen-bond donors (Lipinski definition) is 0. The monoisotopic (exact) mass is 426 g/mol. The third-order valence-corrected chi connectivity index (χ3v) is 4.86. The maximum Gasteiger partial charge on any atom is 0.341 e. The molecular formula is C26H22N2O4. The molecule has 6 nitrogen and oxygen atoms in total. The molecule has 1 aliphatic rings. The molecule has 0 aliphatic carbocycles. The number of rotatable bonds is 5. The molecule has 0 N–H and O–H groups in total. The van der Waals surface area contributed by atoms with Crippen LogP contribution < -0.4 is 0 Å². The number of carbonyl (C=O) groups excluding carboxylic acids is 2. The number of esters is 2. The van der Waals surface area contributed by atoms with Gasteiger partial charge in [-0.15, -0.1) is 0 Å². The van der Waals surface area contributed by atoms with E-state index in [-0.39, 0.29) is 5.71 Å². The zero-order valence-electron chi connectivity index (χ0n) is 17.8. The van der Waals surface area contributed by atoms with Gasteiger partial charge in [0, 0.05) is 12.3 Å². The van der Waals surface area contributed by atoms with Crippen molar-refractivity contribution >= 4 is 17.7 Å². The molecular weight excluding hydrogens is 404 g/mol. The SMILES string of the molecule is CC1(C)C=CC(OC(=O)c2ccccc2)(OC(=O)c2ccccc2)C(c2ccccn2)=N1. The standard InChI is InChI=1S/C26H22N2O4/c1-25(2)16-17-26(22(28-25)21-15-9-10-18-27-21,31-23(29)19-11-5-3-6-12-19)32-24(30)20-13-7-4-8-14-20/h3-18H,1-2H3. The minimum atomic E-state index is -1.89. The molecule has 0 atom stereocenters. The zero-order valence-corrected chi connectivity index (χ0v) is 17.8. The molecule has 0 spiro atoms. The quantitative estimate of drug-likeness (QED) is 0.338. The van der Waals surface area contributed by atoms with E-state index in [0.717, 1.165) is 0 Å². The molecule has 0 fully saturated rings. The van der Waals surface area contributed by atoms with Crippen LogP contribution in [-0.4, -0.2) is 34.0 Å². The first-order valence-electron chi connectivity index (χ1n) is 10.2. The Labute approximate surface area is 186 Å². The summed E-state index contributed by atoms with van der Waals surface area (Å²) in [7, 11) is 0. The Balaban J connectivity index is 1.81. The number of dihydropyridines is 1. The molecule has 0 bridgehead atoms. The topological polar surface area (TPSA) is 77.9 Å². The minimum absolute atomic E-state index is 0.235. The molecule has 2 aromatic carbocycles. The van der Waals surface area contributed by atoms with Gasteiger partial charge >= 0.3 is 17.7 Å². The summed E-state index contributed by atoms with van der Waals surface area (Å²) in [6.07, 6.45) is 4.91. The maximum atomic E-state index is 13.1. The van der Waals surface area contributed by atoms with Gasteiger partial charge in [0.05, 0.1) is 22.4 Å². The number of benzene rings is 2. The Kier molecular flexibility index (Phi) is 5.69. The van der Waals surface area contributed by atoms with Gasteiger partial charge in [-0.1, -0.05) is 48.5 Å². The van der Waals surface area contributed by atoms with Gasteiger partial charge < -0.3 is 9.47 Å². The zero-order chi connectivity index (χ0) is 22.6. The second-order valence-corrected chi connectivity index (χ2v) is 7.84. The van der Waals surface area contributed by atoms with Gasteiger partial charge in [0.1, 0.15) is 0 Å². The first-order chi connectivity index (χ1) is 15.4. The van der Waals surface area contributed by atoms with Crippen LogP contribution in [-0.2, 0) is 9.47 Å². The fourth-order valence-corrected chi connectivity index (χ4v) is 3.26. The number of carbonyl (C=O) groups is 2. The van der Waals surface area contributed by atoms with Crippen LogP contribution in [0.1, 0.15) is 40.3 Å². The van der Waals surface area contributed by atoms with E-state index >= 15 is 0 Å². The van der Waals surface area contributed by atoms with Gasteiger partial charge in [-0.3, -0.25) is 9.98 Å². The minimum Gasteiger partial charge on any atom is -0.409 e. The number of aliphatic imine (C=N–C) groups is 1. The largest absolute Gasteiger partial charge is 0.409 e. The second kappa shape index (κ2) is 8.59. The summed E-state index contributed by atoms with van der Waals surface area (Å²) in [4.78, 5) is 35.2. The van der Waals surface area contributed by atoms with Gasteiger partial charge in [-0.05, 0) is 50.2 Å². The fourth-order valence-electron chi connectivity index (χ4n) is 3.26. The van der Waals surface area contributed by atoms with Crippen molar-refractivity contribution in [1.29, 1.82) is 0 Å². The Hall–Kier alpha value is -4.06. The van der Waals surface area contributed by atoms with E-state index in [1.165, 1.54) is 0 Å². The lowest BCUT2D eigenvalue weighted by molar-refractivity contribution is -0.0920. The van der Waals surface area contributed by atoms with Crippen LogP contribution in [0.15, 0.2) is 102 Å².